The lowest BCUT2D eigenvalue weighted by Crippen LogP contribution is -2.31. The molecule has 1 saturated carbocycles. The Morgan fingerprint density at radius 2 is 2.05 bits per heavy atom. The first kappa shape index (κ1) is 14.8. The van der Waals surface area contributed by atoms with Crippen LogP contribution in [0.2, 0.25) is 5.02 Å². The summed E-state index contributed by atoms with van der Waals surface area (Å²) in [6, 6.07) is 5.67. The first-order valence-electron chi connectivity index (χ1n) is 7.23. The van der Waals surface area contributed by atoms with Crippen LogP contribution in [0.25, 0.3) is 0 Å². The predicted octanol–water partition coefficient (Wildman–Crippen LogP) is 4.44. The van der Waals surface area contributed by atoms with E-state index in [4.69, 9.17) is 11.6 Å². The summed E-state index contributed by atoms with van der Waals surface area (Å²) >= 11 is 5.85. The third kappa shape index (κ3) is 4.19. The topological polar surface area (TPSA) is 12.0 Å². The molecule has 0 radical (unpaired) electrons. The van der Waals surface area contributed by atoms with E-state index in [0.717, 1.165) is 24.4 Å². The fraction of sp³-hybridized carbons (Fsp3) is 0.625. The number of halogens is 2. The Bertz CT molecular complexity index is 419. The number of rotatable bonds is 5. The minimum atomic E-state index is -0.324. The van der Waals surface area contributed by atoms with Crippen molar-refractivity contribution in [3.05, 3.63) is 34.6 Å². The van der Waals surface area contributed by atoms with Crippen LogP contribution in [0.15, 0.2) is 18.2 Å². The third-order valence-electron chi connectivity index (χ3n) is 4.09. The molecule has 0 heterocycles. The average molecular weight is 284 g/mol. The van der Waals surface area contributed by atoms with E-state index < -0.39 is 0 Å². The van der Waals surface area contributed by atoms with Gasteiger partial charge >= 0.3 is 0 Å². The Kier molecular flexibility index (Phi) is 5.23. The second-order valence-electron chi connectivity index (χ2n) is 5.97. The second-order valence-corrected chi connectivity index (χ2v) is 6.37. The predicted molar refractivity (Wildman–Crippen MR) is 79.1 cm³/mol. The molecule has 0 aliphatic heterocycles. The quantitative estimate of drug-likeness (QED) is 0.843. The Morgan fingerprint density at radius 1 is 1.32 bits per heavy atom. The maximum absolute atomic E-state index is 13.2. The zero-order valence-electron chi connectivity index (χ0n) is 11.8. The molecule has 0 amide bonds. The molecule has 1 fully saturated rings. The highest BCUT2D eigenvalue weighted by Crippen LogP contribution is 2.34. The Labute approximate surface area is 120 Å². The van der Waals surface area contributed by atoms with E-state index in [2.05, 4.69) is 19.2 Å². The fourth-order valence-electron chi connectivity index (χ4n) is 3.01. The van der Waals surface area contributed by atoms with E-state index in [1.54, 1.807) is 6.07 Å². The van der Waals surface area contributed by atoms with Gasteiger partial charge in [0.25, 0.3) is 0 Å². The number of benzene rings is 1. The van der Waals surface area contributed by atoms with Crippen LogP contribution in [0, 0.1) is 17.7 Å². The minimum Gasteiger partial charge on any atom is -0.314 e. The summed E-state index contributed by atoms with van der Waals surface area (Å²) < 4.78 is 13.2. The van der Waals surface area contributed by atoms with Crippen molar-refractivity contribution in [1.82, 2.24) is 5.32 Å². The lowest BCUT2D eigenvalue weighted by Gasteiger charge is -2.21. The Hall–Kier alpha value is -0.600. The number of nitrogens with one attached hydrogen (secondary N) is 1. The molecule has 0 aromatic heterocycles. The SMILES string of the molecule is CC(C)NCC1CCCC1Cc1ccc(F)c(Cl)c1. The summed E-state index contributed by atoms with van der Waals surface area (Å²) in [6.45, 7) is 5.46. The molecule has 3 heteroatoms. The highest BCUT2D eigenvalue weighted by atomic mass is 35.5. The summed E-state index contributed by atoms with van der Waals surface area (Å²) in [6.07, 6.45) is 4.91. The van der Waals surface area contributed by atoms with Gasteiger partial charge < -0.3 is 5.32 Å². The van der Waals surface area contributed by atoms with Crippen molar-refractivity contribution in [2.75, 3.05) is 6.54 Å². The lowest BCUT2D eigenvalue weighted by molar-refractivity contribution is 0.354. The molecular formula is C16H23ClFN. The molecule has 1 aromatic rings. The average Bonchev–Trinajstić information content (AvgIpc) is 2.79. The summed E-state index contributed by atoms with van der Waals surface area (Å²) in [5.41, 5.74) is 1.16. The molecule has 2 atom stereocenters. The smallest absolute Gasteiger partial charge is 0.141 e. The van der Waals surface area contributed by atoms with Gasteiger partial charge in [0.2, 0.25) is 0 Å². The largest absolute Gasteiger partial charge is 0.314 e. The molecule has 19 heavy (non-hydrogen) atoms. The van der Waals surface area contributed by atoms with Crippen molar-refractivity contribution in [2.45, 2.75) is 45.6 Å². The molecule has 1 aliphatic rings. The van der Waals surface area contributed by atoms with Crippen LogP contribution in [0.1, 0.15) is 38.7 Å². The summed E-state index contributed by atoms with van der Waals surface area (Å²) in [5, 5.41) is 3.78. The molecule has 1 aliphatic carbocycles. The van der Waals surface area contributed by atoms with Crippen molar-refractivity contribution in [1.29, 1.82) is 0 Å². The lowest BCUT2D eigenvalue weighted by atomic mass is 9.89. The van der Waals surface area contributed by atoms with Gasteiger partial charge in [-0.1, -0.05) is 37.9 Å². The number of hydrogen-bond acceptors (Lipinski definition) is 1. The van der Waals surface area contributed by atoms with Crippen LogP contribution in [0.5, 0.6) is 0 Å². The standard InChI is InChI=1S/C16H23ClFN/c1-11(2)19-10-14-5-3-4-13(14)8-12-6-7-16(18)15(17)9-12/h6-7,9,11,13-14,19H,3-5,8,10H2,1-2H3. The van der Waals surface area contributed by atoms with Crippen molar-refractivity contribution in [3.8, 4) is 0 Å². The van der Waals surface area contributed by atoms with E-state index in [1.165, 1.54) is 25.3 Å². The van der Waals surface area contributed by atoms with Gasteiger partial charge in [-0.3, -0.25) is 0 Å². The van der Waals surface area contributed by atoms with Crippen molar-refractivity contribution >= 4 is 11.6 Å². The van der Waals surface area contributed by atoms with Crippen molar-refractivity contribution in [2.24, 2.45) is 11.8 Å². The van der Waals surface area contributed by atoms with Gasteiger partial charge in [0.15, 0.2) is 0 Å². The zero-order chi connectivity index (χ0) is 13.8. The third-order valence-corrected chi connectivity index (χ3v) is 4.38. The van der Waals surface area contributed by atoms with Crippen LogP contribution >= 0.6 is 11.6 Å². The molecule has 1 aromatic carbocycles. The van der Waals surface area contributed by atoms with E-state index in [9.17, 15) is 4.39 Å². The van der Waals surface area contributed by atoms with Crippen molar-refractivity contribution in [3.63, 3.8) is 0 Å². The van der Waals surface area contributed by atoms with Crippen LogP contribution in [0.3, 0.4) is 0 Å². The Morgan fingerprint density at radius 3 is 2.74 bits per heavy atom. The minimum absolute atomic E-state index is 0.243. The van der Waals surface area contributed by atoms with Crippen LogP contribution < -0.4 is 5.32 Å². The normalized spacial score (nSPS) is 23.2. The molecule has 0 bridgehead atoms. The Balaban J connectivity index is 1.95. The molecule has 106 valence electrons. The van der Waals surface area contributed by atoms with E-state index in [0.29, 0.717) is 12.0 Å². The molecule has 1 N–H and O–H groups in total. The first-order chi connectivity index (χ1) is 9.06. The van der Waals surface area contributed by atoms with Gasteiger partial charge in [-0.15, -0.1) is 0 Å². The highest BCUT2D eigenvalue weighted by molar-refractivity contribution is 6.30. The van der Waals surface area contributed by atoms with Crippen LogP contribution in [-0.4, -0.2) is 12.6 Å². The first-order valence-corrected chi connectivity index (χ1v) is 7.61. The summed E-state index contributed by atoms with van der Waals surface area (Å²) in [7, 11) is 0. The number of hydrogen-bond donors (Lipinski definition) is 1. The van der Waals surface area contributed by atoms with Crippen LogP contribution in [-0.2, 0) is 6.42 Å². The van der Waals surface area contributed by atoms with Crippen molar-refractivity contribution < 1.29 is 4.39 Å². The molecular weight excluding hydrogens is 261 g/mol. The van der Waals surface area contributed by atoms with E-state index in [-0.39, 0.29) is 10.8 Å². The maximum atomic E-state index is 13.2. The maximum Gasteiger partial charge on any atom is 0.141 e. The highest BCUT2D eigenvalue weighted by Gasteiger charge is 2.27. The van der Waals surface area contributed by atoms with Gasteiger partial charge in [0.05, 0.1) is 5.02 Å². The fourth-order valence-corrected chi connectivity index (χ4v) is 3.21. The van der Waals surface area contributed by atoms with E-state index >= 15 is 0 Å². The molecule has 0 spiro atoms. The van der Waals surface area contributed by atoms with Gasteiger partial charge in [-0.2, -0.15) is 0 Å². The van der Waals surface area contributed by atoms with Gasteiger partial charge in [0, 0.05) is 6.04 Å². The van der Waals surface area contributed by atoms with Gasteiger partial charge in [-0.25, -0.2) is 4.39 Å². The van der Waals surface area contributed by atoms with Crippen LogP contribution in [0.4, 0.5) is 4.39 Å². The monoisotopic (exact) mass is 283 g/mol. The van der Waals surface area contributed by atoms with E-state index in [1.807, 2.05) is 6.07 Å². The zero-order valence-corrected chi connectivity index (χ0v) is 12.5. The summed E-state index contributed by atoms with van der Waals surface area (Å²) in [5.74, 6) is 1.12. The van der Waals surface area contributed by atoms with Gasteiger partial charge in [-0.05, 0) is 55.3 Å². The van der Waals surface area contributed by atoms with Gasteiger partial charge in [0.1, 0.15) is 5.82 Å². The molecule has 1 nitrogen and oxygen atoms in total. The second kappa shape index (κ2) is 6.71. The molecule has 0 saturated heterocycles. The molecule has 2 rings (SSSR count). The molecule has 2 unspecified atom stereocenters. The summed E-state index contributed by atoms with van der Waals surface area (Å²) in [4.78, 5) is 0.